The molecule has 1 unspecified atom stereocenters. The van der Waals surface area contributed by atoms with Gasteiger partial charge in [-0.3, -0.25) is 0 Å². The summed E-state index contributed by atoms with van der Waals surface area (Å²) >= 11 is 0. The van der Waals surface area contributed by atoms with Gasteiger partial charge in [0.15, 0.2) is 0 Å². The number of aliphatic carboxylic acids is 1. The molecule has 78 valence electrons. The van der Waals surface area contributed by atoms with Crippen molar-refractivity contribution in [1.29, 1.82) is 0 Å². The largest absolute Gasteiger partial charge is 0.495 e. The summed E-state index contributed by atoms with van der Waals surface area (Å²) in [6.07, 6.45) is 4.21. The van der Waals surface area contributed by atoms with Gasteiger partial charge in [-0.25, -0.2) is 4.79 Å². The quantitative estimate of drug-likeness (QED) is 0.753. The number of carbonyl (C=O) groups is 1. The Morgan fingerprint density at radius 2 is 2.21 bits per heavy atom. The van der Waals surface area contributed by atoms with E-state index in [9.17, 15) is 4.79 Å². The van der Waals surface area contributed by atoms with Crippen molar-refractivity contribution in [1.82, 2.24) is 0 Å². The zero-order valence-electron chi connectivity index (χ0n) is 8.78. The Kier molecular flexibility index (Phi) is 3.33. The first-order valence-corrected chi connectivity index (χ1v) is 4.81. The molecule has 0 bridgehead atoms. The van der Waals surface area contributed by atoms with Crippen molar-refractivity contribution in [2.24, 2.45) is 5.92 Å². The standard InChI is InChI=1S/C11H16O3/c1-7(2)14-9-4-5-10(11(12)13)8(3)6-9/h4-5,7-8H,6H2,1-3H3,(H,12,13). The molecule has 0 spiro atoms. The van der Waals surface area contributed by atoms with Crippen molar-refractivity contribution in [3.8, 4) is 0 Å². The summed E-state index contributed by atoms with van der Waals surface area (Å²) in [6, 6.07) is 0. The maximum Gasteiger partial charge on any atom is 0.331 e. The lowest BCUT2D eigenvalue weighted by molar-refractivity contribution is -0.133. The lowest BCUT2D eigenvalue weighted by atomic mass is 9.92. The van der Waals surface area contributed by atoms with Crippen molar-refractivity contribution in [2.45, 2.75) is 33.3 Å². The van der Waals surface area contributed by atoms with Gasteiger partial charge in [-0.15, -0.1) is 0 Å². The number of ether oxygens (including phenoxy) is 1. The average molecular weight is 196 g/mol. The van der Waals surface area contributed by atoms with Crippen molar-refractivity contribution in [2.75, 3.05) is 0 Å². The second-order valence-electron chi connectivity index (χ2n) is 3.83. The maximum atomic E-state index is 10.8. The van der Waals surface area contributed by atoms with Crippen LogP contribution in [0.15, 0.2) is 23.5 Å². The van der Waals surface area contributed by atoms with E-state index in [0.717, 1.165) is 5.76 Å². The first-order chi connectivity index (χ1) is 6.50. The Morgan fingerprint density at radius 1 is 1.57 bits per heavy atom. The summed E-state index contributed by atoms with van der Waals surface area (Å²) in [5.41, 5.74) is 0.459. The minimum atomic E-state index is -0.836. The van der Waals surface area contributed by atoms with Gasteiger partial charge in [0.2, 0.25) is 0 Å². The van der Waals surface area contributed by atoms with Crippen LogP contribution in [0, 0.1) is 5.92 Å². The van der Waals surface area contributed by atoms with E-state index in [1.165, 1.54) is 0 Å². The van der Waals surface area contributed by atoms with Gasteiger partial charge < -0.3 is 9.84 Å². The molecule has 0 amide bonds. The molecule has 0 saturated heterocycles. The van der Waals surface area contributed by atoms with Gasteiger partial charge >= 0.3 is 5.97 Å². The first kappa shape index (κ1) is 10.8. The van der Waals surface area contributed by atoms with Crippen LogP contribution in [0.2, 0.25) is 0 Å². The van der Waals surface area contributed by atoms with Crippen LogP contribution in [-0.4, -0.2) is 17.2 Å². The third-order valence-corrected chi connectivity index (χ3v) is 2.12. The second-order valence-corrected chi connectivity index (χ2v) is 3.83. The highest BCUT2D eigenvalue weighted by Gasteiger charge is 2.21. The summed E-state index contributed by atoms with van der Waals surface area (Å²) in [7, 11) is 0. The zero-order chi connectivity index (χ0) is 10.7. The molecule has 0 aromatic heterocycles. The van der Waals surface area contributed by atoms with E-state index in [2.05, 4.69) is 0 Å². The molecule has 1 N–H and O–H groups in total. The zero-order valence-corrected chi connectivity index (χ0v) is 8.78. The molecule has 3 nitrogen and oxygen atoms in total. The number of allylic oxidation sites excluding steroid dienone is 3. The number of hydrogen-bond donors (Lipinski definition) is 1. The molecule has 1 atom stereocenters. The molecule has 1 aliphatic carbocycles. The molecule has 1 rings (SSSR count). The van der Waals surface area contributed by atoms with Crippen LogP contribution < -0.4 is 0 Å². The van der Waals surface area contributed by atoms with Gasteiger partial charge in [0.25, 0.3) is 0 Å². The van der Waals surface area contributed by atoms with Crippen LogP contribution in [0.5, 0.6) is 0 Å². The van der Waals surface area contributed by atoms with Gasteiger partial charge in [0, 0.05) is 12.0 Å². The lowest BCUT2D eigenvalue weighted by Crippen LogP contribution is -2.15. The Labute approximate surface area is 84.1 Å². The van der Waals surface area contributed by atoms with Crippen LogP contribution in [-0.2, 0) is 9.53 Å². The highest BCUT2D eigenvalue weighted by atomic mass is 16.5. The van der Waals surface area contributed by atoms with Crippen LogP contribution in [0.3, 0.4) is 0 Å². The fraction of sp³-hybridized carbons (Fsp3) is 0.545. The molecule has 0 heterocycles. The topological polar surface area (TPSA) is 46.5 Å². The summed E-state index contributed by atoms with van der Waals surface area (Å²) < 4.78 is 5.51. The Balaban J connectivity index is 2.73. The molecule has 0 fully saturated rings. The highest BCUT2D eigenvalue weighted by molar-refractivity contribution is 5.87. The monoisotopic (exact) mass is 196 g/mol. The van der Waals surface area contributed by atoms with Gasteiger partial charge in [-0.05, 0) is 31.9 Å². The molecule has 14 heavy (non-hydrogen) atoms. The molecular formula is C11H16O3. The van der Waals surface area contributed by atoms with Crippen LogP contribution >= 0.6 is 0 Å². The van der Waals surface area contributed by atoms with E-state index in [1.54, 1.807) is 12.2 Å². The molecule has 3 heteroatoms. The molecule has 1 aliphatic rings. The Bertz CT molecular complexity index is 287. The van der Waals surface area contributed by atoms with Crippen molar-refractivity contribution in [3.05, 3.63) is 23.5 Å². The maximum absolute atomic E-state index is 10.8. The van der Waals surface area contributed by atoms with Crippen LogP contribution in [0.25, 0.3) is 0 Å². The molecule has 0 aliphatic heterocycles. The number of carboxylic acids is 1. The van der Waals surface area contributed by atoms with E-state index in [0.29, 0.717) is 12.0 Å². The summed E-state index contributed by atoms with van der Waals surface area (Å²) in [5.74, 6) is 0.0705. The predicted octanol–water partition coefficient (Wildman–Crippen LogP) is 2.35. The van der Waals surface area contributed by atoms with Crippen LogP contribution in [0.1, 0.15) is 27.2 Å². The summed E-state index contributed by atoms with van der Waals surface area (Å²) in [4.78, 5) is 10.8. The van der Waals surface area contributed by atoms with Crippen molar-refractivity contribution < 1.29 is 14.6 Å². The third-order valence-electron chi connectivity index (χ3n) is 2.12. The first-order valence-electron chi connectivity index (χ1n) is 4.81. The summed E-state index contributed by atoms with van der Waals surface area (Å²) in [5, 5.41) is 8.84. The van der Waals surface area contributed by atoms with Crippen molar-refractivity contribution >= 4 is 5.97 Å². The lowest BCUT2D eigenvalue weighted by Gasteiger charge is -2.21. The minimum absolute atomic E-state index is 0.0336. The van der Waals surface area contributed by atoms with Crippen molar-refractivity contribution in [3.63, 3.8) is 0 Å². The molecular weight excluding hydrogens is 180 g/mol. The molecule has 0 aromatic carbocycles. The normalized spacial score (nSPS) is 21.6. The predicted molar refractivity (Wildman–Crippen MR) is 53.8 cm³/mol. The Morgan fingerprint density at radius 3 is 2.64 bits per heavy atom. The fourth-order valence-electron chi connectivity index (χ4n) is 1.50. The average Bonchev–Trinajstić information content (AvgIpc) is 2.01. The summed E-state index contributed by atoms with van der Waals surface area (Å²) in [6.45, 7) is 5.82. The van der Waals surface area contributed by atoms with Crippen LogP contribution in [0.4, 0.5) is 0 Å². The molecule has 0 radical (unpaired) electrons. The smallest absolute Gasteiger partial charge is 0.331 e. The van der Waals surface area contributed by atoms with E-state index >= 15 is 0 Å². The van der Waals surface area contributed by atoms with E-state index in [4.69, 9.17) is 9.84 Å². The van der Waals surface area contributed by atoms with E-state index in [-0.39, 0.29) is 12.0 Å². The van der Waals surface area contributed by atoms with E-state index in [1.807, 2.05) is 20.8 Å². The highest BCUT2D eigenvalue weighted by Crippen LogP contribution is 2.26. The molecule has 0 aromatic rings. The second kappa shape index (κ2) is 4.31. The van der Waals surface area contributed by atoms with Gasteiger partial charge in [-0.2, -0.15) is 0 Å². The van der Waals surface area contributed by atoms with Gasteiger partial charge in [0.05, 0.1) is 11.9 Å². The minimum Gasteiger partial charge on any atom is -0.495 e. The third kappa shape index (κ3) is 2.62. The SMILES string of the molecule is CC(C)OC1=CC=C(C(=O)O)C(C)C1. The van der Waals surface area contributed by atoms with Gasteiger partial charge in [-0.1, -0.05) is 6.92 Å². The number of carboxylic acid groups (broad SMARTS) is 1. The number of rotatable bonds is 3. The Hall–Kier alpha value is -1.25. The molecule has 0 saturated carbocycles. The fourth-order valence-corrected chi connectivity index (χ4v) is 1.50. The van der Waals surface area contributed by atoms with E-state index < -0.39 is 5.97 Å². The van der Waals surface area contributed by atoms with Gasteiger partial charge in [0.1, 0.15) is 0 Å². The number of hydrogen-bond acceptors (Lipinski definition) is 2.